The third-order valence-corrected chi connectivity index (χ3v) is 14.0. The third-order valence-electron chi connectivity index (χ3n) is 7.24. The summed E-state index contributed by atoms with van der Waals surface area (Å²) in [5.74, 6) is -15.4. The van der Waals surface area contributed by atoms with Crippen LogP contribution in [-0.2, 0) is 4.79 Å². The zero-order valence-electron chi connectivity index (χ0n) is 19.9. The Morgan fingerprint density at radius 2 is 1.42 bits per heavy atom. The highest BCUT2D eigenvalue weighted by atomic mass is 32.2. The number of fused-ring (bicyclic) bond motifs is 4. The molecule has 36 heavy (non-hydrogen) atoms. The Morgan fingerprint density at radius 3 is 1.92 bits per heavy atom. The molecule has 192 valence electrons. The molecule has 0 saturated heterocycles. The van der Waals surface area contributed by atoms with Gasteiger partial charge in [0.15, 0.2) is 0 Å². The molecule has 0 spiro atoms. The van der Waals surface area contributed by atoms with E-state index < -0.39 is 52.1 Å². The second kappa shape index (κ2) is 7.38. The highest BCUT2D eigenvalue weighted by Gasteiger charge is 2.84. The maximum atomic E-state index is 15.3. The highest BCUT2D eigenvalue weighted by molar-refractivity contribution is 8.13. The van der Waals surface area contributed by atoms with Crippen LogP contribution in [0.1, 0.15) is 12.5 Å². The van der Waals surface area contributed by atoms with Crippen LogP contribution in [0.2, 0.25) is 19.6 Å². The number of aldehydes is 1. The average Bonchev–Trinajstić information content (AvgIpc) is 3.39. The van der Waals surface area contributed by atoms with Crippen LogP contribution >= 0.6 is 23.5 Å². The molecular weight excluding hydrogens is 538 g/mol. The smallest absolute Gasteiger partial charge is 0.380 e. The van der Waals surface area contributed by atoms with Crippen molar-refractivity contribution >= 4 is 42.8 Å². The van der Waals surface area contributed by atoms with E-state index in [1.807, 2.05) is 19.6 Å². The summed E-state index contributed by atoms with van der Waals surface area (Å²) >= 11 is 2.10. The Balaban J connectivity index is 1.86. The molecule has 2 heterocycles. The van der Waals surface area contributed by atoms with E-state index in [1.54, 1.807) is 24.3 Å². The van der Waals surface area contributed by atoms with E-state index >= 15 is 17.6 Å². The Labute approximate surface area is 213 Å². The fourth-order valence-electron chi connectivity index (χ4n) is 5.17. The first kappa shape index (κ1) is 25.8. The molecule has 0 amide bonds. The van der Waals surface area contributed by atoms with Gasteiger partial charge < -0.3 is 9.53 Å². The van der Waals surface area contributed by atoms with Gasteiger partial charge in [0, 0.05) is 16.1 Å². The van der Waals surface area contributed by atoms with Crippen LogP contribution in [-0.4, -0.2) is 48.7 Å². The van der Waals surface area contributed by atoms with Crippen LogP contribution in [0, 0.1) is 0 Å². The molecule has 0 N–H and O–H groups in total. The molecule has 1 saturated carbocycles. The van der Waals surface area contributed by atoms with Crippen LogP contribution in [0.25, 0.3) is 4.91 Å². The lowest BCUT2D eigenvalue weighted by Crippen LogP contribution is -2.52. The van der Waals surface area contributed by atoms with Crippen LogP contribution in [0.4, 0.5) is 26.3 Å². The fraction of sp³-hybridized carbons (Fsp3) is 0.400. The topological polar surface area (TPSA) is 26.3 Å². The minimum atomic E-state index is -5.65. The summed E-state index contributed by atoms with van der Waals surface area (Å²) in [5.41, 5.74) is -3.04. The Bertz CT molecular complexity index is 1320. The number of ether oxygens (including phenoxy) is 1. The number of halogens is 6. The highest BCUT2D eigenvalue weighted by Crippen LogP contribution is 2.74. The Morgan fingerprint density at radius 1 is 0.861 bits per heavy atom. The summed E-state index contributed by atoms with van der Waals surface area (Å²) in [5, 5.41) is 0. The van der Waals surface area contributed by atoms with Crippen molar-refractivity contribution in [2.75, 3.05) is 7.11 Å². The van der Waals surface area contributed by atoms with Crippen LogP contribution in [0.5, 0.6) is 5.75 Å². The Hall–Kier alpha value is -1.85. The summed E-state index contributed by atoms with van der Waals surface area (Å²) in [7, 11) is -0.735. The van der Waals surface area contributed by atoms with E-state index in [9.17, 15) is 13.6 Å². The molecule has 1 fully saturated rings. The molecule has 2 atom stereocenters. The molecule has 0 unspecified atom stereocenters. The van der Waals surface area contributed by atoms with E-state index in [1.165, 1.54) is 26.2 Å². The largest absolute Gasteiger partial charge is 0.497 e. The van der Waals surface area contributed by atoms with Gasteiger partial charge in [0.2, 0.25) is 0 Å². The molecule has 4 aliphatic rings. The lowest BCUT2D eigenvalue weighted by Gasteiger charge is -2.46. The maximum absolute atomic E-state index is 15.3. The first-order valence-electron chi connectivity index (χ1n) is 11.1. The average molecular weight is 561 g/mol. The third kappa shape index (κ3) is 2.88. The first-order valence-corrected chi connectivity index (χ1v) is 16.2. The van der Waals surface area contributed by atoms with E-state index in [2.05, 4.69) is 0 Å². The van der Waals surface area contributed by atoms with Crippen LogP contribution in [0.3, 0.4) is 0 Å². The predicted octanol–water partition coefficient (Wildman–Crippen LogP) is 7.51. The Kier molecular flexibility index (Phi) is 5.28. The number of hydrogen-bond donors (Lipinski definition) is 0. The van der Waals surface area contributed by atoms with Crippen LogP contribution in [0.15, 0.2) is 63.2 Å². The number of carbonyl (C=O) groups is 1. The number of benzene rings is 1. The number of hydrogen-bond acceptors (Lipinski definition) is 4. The number of rotatable bonds is 4. The summed E-state index contributed by atoms with van der Waals surface area (Å²) in [6.07, 6.45) is 3.03. The van der Waals surface area contributed by atoms with Gasteiger partial charge in [-0.25, -0.2) is 0 Å². The summed E-state index contributed by atoms with van der Waals surface area (Å²) in [6.45, 7) is 7.36. The summed E-state index contributed by atoms with van der Waals surface area (Å²) < 4.78 is 93.3. The lowest BCUT2D eigenvalue weighted by atomic mass is 9.71. The van der Waals surface area contributed by atoms with Crippen molar-refractivity contribution in [1.82, 2.24) is 0 Å². The second-order valence-electron chi connectivity index (χ2n) is 10.4. The molecule has 1 aromatic carbocycles. The lowest BCUT2D eigenvalue weighted by molar-refractivity contribution is -0.258. The predicted molar refractivity (Wildman–Crippen MR) is 134 cm³/mol. The minimum Gasteiger partial charge on any atom is -0.497 e. The van der Waals surface area contributed by atoms with Crippen molar-refractivity contribution in [2.24, 2.45) is 0 Å². The number of methoxy groups -OCH3 is 1. The van der Waals surface area contributed by atoms with Gasteiger partial charge in [-0.2, -0.15) is 26.3 Å². The quantitative estimate of drug-likeness (QED) is 0.216. The van der Waals surface area contributed by atoms with E-state index in [-0.39, 0.29) is 5.57 Å². The van der Waals surface area contributed by atoms with Gasteiger partial charge in [0.05, 0.1) is 19.9 Å². The van der Waals surface area contributed by atoms with Crippen molar-refractivity contribution in [3.05, 3.63) is 68.8 Å². The molecule has 0 aromatic heterocycles. The number of thioether (sulfide) groups is 2. The van der Waals surface area contributed by atoms with Crippen molar-refractivity contribution in [3.8, 4) is 5.75 Å². The molecule has 0 radical (unpaired) electrons. The van der Waals surface area contributed by atoms with Gasteiger partial charge in [-0.05, 0) is 46.4 Å². The van der Waals surface area contributed by atoms with Crippen molar-refractivity contribution in [3.63, 3.8) is 0 Å². The molecule has 11 heteroatoms. The van der Waals surface area contributed by atoms with Gasteiger partial charge in [0.1, 0.15) is 16.8 Å². The number of allylic oxidation sites excluding steroid dienone is 4. The zero-order chi connectivity index (χ0) is 26.7. The van der Waals surface area contributed by atoms with Gasteiger partial charge in [-0.3, -0.25) is 0 Å². The fourth-order valence-corrected chi connectivity index (χ4v) is 10.4. The van der Waals surface area contributed by atoms with Crippen molar-refractivity contribution < 1.29 is 35.9 Å². The van der Waals surface area contributed by atoms with Crippen LogP contribution < -0.4 is 4.74 Å². The first-order chi connectivity index (χ1) is 16.5. The monoisotopic (exact) mass is 560 g/mol. The minimum absolute atomic E-state index is 0.311. The molecule has 5 rings (SSSR count). The zero-order valence-corrected chi connectivity index (χ0v) is 22.6. The van der Waals surface area contributed by atoms with Gasteiger partial charge >= 0.3 is 17.8 Å². The number of carbonyl (C=O) groups excluding carboxylic acids is 1. The molecule has 2 aliphatic carbocycles. The molecule has 1 aromatic rings. The standard InChI is InChI=1S/C25H22F6O2S2Si/c1-21-15(11-18(35-21)36(3,4)5)19-20(24(28,29)25(30,31)23(19,26)27)16-10-17(34-22(16,21)12-32)13-6-8-14(33-2)9-7-13/h6-12H,1-5H3/t21-,22-/m1/s1. The van der Waals surface area contributed by atoms with Crippen molar-refractivity contribution in [1.29, 1.82) is 0 Å². The molecule has 0 bridgehead atoms. The molecular formula is C25H22F6O2S2Si. The maximum Gasteiger partial charge on any atom is 0.380 e. The van der Waals surface area contributed by atoms with Crippen molar-refractivity contribution in [2.45, 2.75) is 53.8 Å². The van der Waals surface area contributed by atoms with E-state index in [0.29, 0.717) is 27.0 Å². The summed E-state index contributed by atoms with van der Waals surface area (Å²) in [4.78, 5) is 13.2. The van der Waals surface area contributed by atoms with Gasteiger partial charge in [0.25, 0.3) is 0 Å². The SMILES string of the molecule is COc1ccc(C2=CC3=C4C(=C5C=C([Si](C)(C)C)S[C@@]5(C)[C@]3(C=O)S2)C(F)(F)C(F)(F)C4(F)F)cc1. The van der Waals surface area contributed by atoms with Gasteiger partial charge in [-0.1, -0.05) is 37.8 Å². The number of alkyl halides is 6. The van der Waals surface area contributed by atoms with Gasteiger partial charge in [-0.15, -0.1) is 23.5 Å². The summed E-state index contributed by atoms with van der Waals surface area (Å²) in [6, 6.07) is 6.53. The molecule has 2 nitrogen and oxygen atoms in total. The second-order valence-corrected chi connectivity index (χ2v) is 18.5. The van der Waals surface area contributed by atoms with E-state index in [4.69, 9.17) is 4.74 Å². The van der Waals surface area contributed by atoms with E-state index in [0.717, 1.165) is 23.5 Å². The normalized spacial score (nSPS) is 31.5. The molecule has 2 aliphatic heterocycles.